The molecule has 0 aliphatic rings. The molecular formula is C12H16FNO3. The highest BCUT2D eigenvalue weighted by molar-refractivity contribution is 5.67. The van der Waals surface area contributed by atoms with Crippen LogP contribution in [0.5, 0.6) is 0 Å². The first-order chi connectivity index (χ1) is 8.04. The van der Waals surface area contributed by atoms with E-state index in [-0.39, 0.29) is 25.1 Å². The maximum absolute atomic E-state index is 13.3. The van der Waals surface area contributed by atoms with Crippen molar-refractivity contribution < 1.29 is 19.0 Å². The third-order valence-electron chi connectivity index (χ3n) is 2.35. The lowest BCUT2D eigenvalue weighted by Gasteiger charge is -2.14. The largest absolute Gasteiger partial charge is 0.447 e. The average molecular weight is 241 g/mol. The lowest BCUT2D eigenvalue weighted by atomic mass is 10.1. The molecule has 5 heteroatoms. The van der Waals surface area contributed by atoms with Crippen LogP contribution in [-0.2, 0) is 4.74 Å². The number of aliphatic hydroxyl groups excluding tert-OH is 1. The number of amides is 1. The highest BCUT2D eigenvalue weighted by Gasteiger charge is 2.11. The number of benzene rings is 1. The smallest absolute Gasteiger partial charge is 0.407 e. The molecule has 0 fully saturated rings. The summed E-state index contributed by atoms with van der Waals surface area (Å²) >= 11 is 0. The zero-order valence-corrected chi connectivity index (χ0v) is 9.87. The topological polar surface area (TPSA) is 58.6 Å². The van der Waals surface area contributed by atoms with E-state index < -0.39 is 6.09 Å². The van der Waals surface area contributed by atoms with Crippen LogP contribution in [0, 0.1) is 12.7 Å². The summed E-state index contributed by atoms with van der Waals surface area (Å²) < 4.78 is 17.9. The van der Waals surface area contributed by atoms with Crippen LogP contribution in [0.25, 0.3) is 0 Å². The number of aryl methyl sites for hydroxylation is 1. The Bertz CT molecular complexity index is 395. The van der Waals surface area contributed by atoms with Crippen LogP contribution in [0.2, 0.25) is 0 Å². The molecule has 94 valence electrons. The van der Waals surface area contributed by atoms with Gasteiger partial charge in [0.05, 0.1) is 12.6 Å². The molecule has 0 aromatic heterocycles. The second-order valence-corrected chi connectivity index (χ2v) is 3.73. The zero-order chi connectivity index (χ0) is 12.8. The first-order valence-electron chi connectivity index (χ1n) is 5.34. The van der Waals surface area contributed by atoms with E-state index in [9.17, 15) is 9.18 Å². The lowest BCUT2D eigenvalue weighted by Crippen LogP contribution is -2.28. The molecule has 1 aromatic carbocycles. The van der Waals surface area contributed by atoms with E-state index in [1.54, 1.807) is 26.0 Å². The van der Waals surface area contributed by atoms with Crippen LogP contribution in [0.4, 0.5) is 9.18 Å². The third kappa shape index (κ3) is 4.03. The van der Waals surface area contributed by atoms with Gasteiger partial charge >= 0.3 is 6.09 Å². The SMILES string of the molecule is Cc1ccc(C(C)NC(=O)OCCO)cc1F. The van der Waals surface area contributed by atoms with E-state index in [4.69, 9.17) is 5.11 Å². The van der Waals surface area contributed by atoms with Gasteiger partial charge in [-0.15, -0.1) is 0 Å². The lowest BCUT2D eigenvalue weighted by molar-refractivity contribution is 0.116. The van der Waals surface area contributed by atoms with Crippen molar-refractivity contribution in [3.63, 3.8) is 0 Å². The summed E-state index contributed by atoms with van der Waals surface area (Å²) in [5, 5.41) is 11.0. The van der Waals surface area contributed by atoms with Gasteiger partial charge in [0.2, 0.25) is 0 Å². The fourth-order valence-electron chi connectivity index (χ4n) is 1.32. The minimum atomic E-state index is -0.632. The van der Waals surface area contributed by atoms with Crippen LogP contribution < -0.4 is 5.32 Å². The van der Waals surface area contributed by atoms with Gasteiger partial charge in [0.25, 0.3) is 0 Å². The molecular weight excluding hydrogens is 225 g/mol. The molecule has 4 nitrogen and oxygen atoms in total. The molecule has 0 heterocycles. The maximum Gasteiger partial charge on any atom is 0.407 e. The maximum atomic E-state index is 13.3. The van der Waals surface area contributed by atoms with Gasteiger partial charge < -0.3 is 15.2 Å². The Morgan fingerprint density at radius 3 is 2.88 bits per heavy atom. The number of carbonyl (C=O) groups is 1. The van der Waals surface area contributed by atoms with Gasteiger partial charge in [-0.05, 0) is 31.0 Å². The highest BCUT2D eigenvalue weighted by atomic mass is 19.1. The summed E-state index contributed by atoms with van der Waals surface area (Å²) in [6.45, 7) is 3.12. The molecule has 0 spiro atoms. The molecule has 1 atom stereocenters. The van der Waals surface area contributed by atoms with Gasteiger partial charge in [0, 0.05) is 0 Å². The van der Waals surface area contributed by atoms with E-state index in [1.165, 1.54) is 6.07 Å². The zero-order valence-electron chi connectivity index (χ0n) is 9.87. The molecule has 0 saturated heterocycles. The molecule has 2 N–H and O–H groups in total. The first kappa shape index (κ1) is 13.4. The van der Waals surface area contributed by atoms with E-state index in [1.807, 2.05) is 0 Å². The molecule has 1 rings (SSSR count). The van der Waals surface area contributed by atoms with Crippen LogP contribution in [0.3, 0.4) is 0 Å². The van der Waals surface area contributed by atoms with Gasteiger partial charge in [0.15, 0.2) is 0 Å². The van der Waals surface area contributed by atoms with Crippen LogP contribution in [0.1, 0.15) is 24.1 Å². The number of rotatable bonds is 4. The minimum absolute atomic E-state index is 0.0547. The number of halogens is 1. The number of ether oxygens (including phenoxy) is 1. The monoisotopic (exact) mass is 241 g/mol. The quantitative estimate of drug-likeness (QED) is 0.846. The van der Waals surface area contributed by atoms with E-state index in [0.29, 0.717) is 11.1 Å². The molecule has 1 amide bonds. The Balaban J connectivity index is 2.60. The van der Waals surface area contributed by atoms with E-state index >= 15 is 0 Å². The van der Waals surface area contributed by atoms with Crippen LogP contribution in [-0.4, -0.2) is 24.4 Å². The van der Waals surface area contributed by atoms with Crippen molar-refractivity contribution in [3.8, 4) is 0 Å². The number of hydrogen-bond donors (Lipinski definition) is 2. The molecule has 17 heavy (non-hydrogen) atoms. The molecule has 0 aliphatic heterocycles. The second kappa shape index (κ2) is 6.20. The molecule has 0 bridgehead atoms. The summed E-state index contributed by atoms with van der Waals surface area (Å²) in [5.41, 5.74) is 1.22. The molecule has 0 radical (unpaired) electrons. The van der Waals surface area contributed by atoms with Crippen LogP contribution >= 0.6 is 0 Å². The molecule has 0 saturated carbocycles. The van der Waals surface area contributed by atoms with Crippen molar-refractivity contribution in [2.75, 3.05) is 13.2 Å². The van der Waals surface area contributed by atoms with Crippen molar-refractivity contribution in [2.24, 2.45) is 0 Å². The predicted molar refractivity (Wildman–Crippen MR) is 61.1 cm³/mol. The summed E-state index contributed by atoms with van der Waals surface area (Å²) in [7, 11) is 0. The summed E-state index contributed by atoms with van der Waals surface area (Å²) in [5.74, 6) is -0.306. The van der Waals surface area contributed by atoms with Crippen LogP contribution in [0.15, 0.2) is 18.2 Å². The van der Waals surface area contributed by atoms with Crippen molar-refractivity contribution >= 4 is 6.09 Å². The van der Waals surface area contributed by atoms with Crippen molar-refractivity contribution in [1.29, 1.82) is 0 Å². The third-order valence-corrected chi connectivity index (χ3v) is 2.35. The first-order valence-corrected chi connectivity index (χ1v) is 5.34. The normalized spacial score (nSPS) is 12.0. The van der Waals surface area contributed by atoms with Gasteiger partial charge in [-0.1, -0.05) is 12.1 Å². The number of nitrogens with one attached hydrogen (secondary N) is 1. The number of aliphatic hydroxyl groups is 1. The number of alkyl carbamates (subject to hydrolysis) is 1. The predicted octanol–water partition coefficient (Wildman–Crippen LogP) is 1.91. The van der Waals surface area contributed by atoms with Gasteiger partial charge in [-0.3, -0.25) is 0 Å². The summed E-state index contributed by atoms with van der Waals surface area (Å²) in [6.07, 6.45) is -0.632. The number of hydrogen-bond acceptors (Lipinski definition) is 3. The van der Waals surface area contributed by atoms with Gasteiger partial charge in [-0.2, -0.15) is 0 Å². The molecule has 1 aromatic rings. The Kier molecular flexibility index (Phi) is 4.90. The molecule has 0 aliphatic carbocycles. The highest BCUT2D eigenvalue weighted by Crippen LogP contribution is 2.16. The van der Waals surface area contributed by atoms with E-state index in [0.717, 1.165) is 0 Å². The summed E-state index contributed by atoms with van der Waals surface area (Å²) in [4.78, 5) is 11.2. The Morgan fingerprint density at radius 1 is 1.59 bits per heavy atom. The second-order valence-electron chi connectivity index (χ2n) is 3.73. The Labute approximate surface area is 99.4 Å². The van der Waals surface area contributed by atoms with Crippen molar-refractivity contribution in [1.82, 2.24) is 5.32 Å². The van der Waals surface area contributed by atoms with Gasteiger partial charge in [-0.25, -0.2) is 9.18 Å². The minimum Gasteiger partial charge on any atom is -0.447 e. The van der Waals surface area contributed by atoms with E-state index in [2.05, 4.69) is 10.1 Å². The average Bonchev–Trinajstić information content (AvgIpc) is 2.30. The van der Waals surface area contributed by atoms with Gasteiger partial charge in [0.1, 0.15) is 12.4 Å². The molecule has 1 unspecified atom stereocenters. The van der Waals surface area contributed by atoms with Crippen molar-refractivity contribution in [2.45, 2.75) is 19.9 Å². The Morgan fingerprint density at radius 2 is 2.29 bits per heavy atom. The number of carbonyl (C=O) groups excluding carboxylic acids is 1. The summed E-state index contributed by atoms with van der Waals surface area (Å²) in [6, 6.07) is 4.43. The Hall–Kier alpha value is -1.62. The standard InChI is InChI=1S/C12H16FNO3/c1-8-3-4-10(7-11(8)13)9(2)14-12(16)17-6-5-15/h3-4,7,9,15H,5-6H2,1-2H3,(H,14,16). The fraction of sp³-hybridized carbons (Fsp3) is 0.417. The van der Waals surface area contributed by atoms with Crippen molar-refractivity contribution in [3.05, 3.63) is 35.1 Å². The fourth-order valence-corrected chi connectivity index (χ4v) is 1.32.